The minimum absolute atomic E-state index is 0. The van der Waals surface area contributed by atoms with Crippen LogP contribution < -0.4 is 15.8 Å². The first-order valence-corrected chi connectivity index (χ1v) is 7.36. The Hall–Kier alpha value is -1.26. The highest BCUT2D eigenvalue weighted by Crippen LogP contribution is 2.33. The number of ether oxygens (including phenoxy) is 1. The van der Waals surface area contributed by atoms with E-state index in [-0.39, 0.29) is 18.3 Å². The zero-order valence-corrected chi connectivity index (χ0v) is 13.2. The van der Waals surface area contributed by atoms with Gasteiger partial charge in [-0.25, -0.2) is 0 Å². The summed E-state index contributed by atoms with van der Waals surface area (Å²) in [6.45, 7) is 3.31. The van der Waals surface area contributed by atoms with Crippen molar-refractivity contribution in [3.05, 3.63) is 29.3 Å². The second-order valence-electron chi connectivity index (χ2n) is 6.20. The third-order valence-corrected chi connectivity index (χ3v) is 4.07. The number of carbonyl (C=O) groups is 1. The van der Waals surface area contributed by atoms with Gasteiger partial charge >= 0.3 is 0 Å². The van der Waals surface area contributed by atoms with Crippen molar-refractivity contribution in [3.8, 4) is 5.75 Å². The normalized spacial score (nSPS) is 18.6. The van der Waals surface area contributed by atoms with E-state index in [2.05, 4.69) is 5.32 Å². The molecule has 0 radical (unpaired) electrons. The molecule has 1 aromatic carbocycles. The van der Waals surface area contributed by atoms with E-state index in [1.165, 1.54) is 18.4 Å². The average Bonchev–Trinajstić information content (AvgIpc) is 3.32. The maximum atomic E-state index is 11.9. The van der Waals surface area contributed by atoms with Crippen molar-refractivity contribution in [3.63, 3.8) is 0 Å². The van der Waals surface area contributed by atoms with Gasteiger partial charge in [0.25, 0.3) is 0 Å². The topological polar surface area (TPSA) is 64.4 Å². The molecule has 2 aliphatic rings. The monoisotopic (exact) mass is 310 g/mol. The summed E-state index contributed by atoms with van der Waals surface area (Å²) < 4.78 is 5.89. The number of hydrogen-bond donors (Lipinski definition) is 2. The molecule has 0 bridgehead atoms. The van der Waals surface area contributed by atoms with E-state index >= 15 is 0 Å². The summed E-state index contributed by atoms with van der Waals surface area (Å²) in [4.78, 5) is 11.9. The maximum absolute atomic E-state index is 11.9. The van der Waals surface area contributed by atoms with Crippen LogP contribution in [0.15, 0.2) is 18.2 Å². The fourth-order valence-corrected chi connectivity index (χ4v) is 2.15. The van der Waals surface area contributed by atoms with Gasteiger partial charge in [-0.15, -0.1) is 12.4 Å². The summed E-state index contributed by atoms with van der Waals surface area (Å²) in [5, 5.41) is 2.92. The van der Waals surface area contributed by atoms with E-state index in [4.69, 9.17) is 10.5 Å². The summed E-state index contributed by atoms with van der Waals surface area (Å²) in [7, 11) is 0. The third-order valence-electron chi connectivity index (χ3n) is 4.07. The van der Waals surface area contributed by atoms with E-state index in [9.17, 15) is 4.79 Å². The summed E-state index contributed by atoms with van der Waals surface area (Å²) >= 11 is 0. The molecule has 5 heteroatoms. The van der Waals surface area contributed by atoms with Crippen molar-refractivity contribution in [2.75, 3.05) is 6.61 Å². The number of nitrogens with two attached hydrogens (primary N) is 1. The minimum Gasteiger partial charge on any atom is -0.493 e. The van der Waals surface area contributed by atoms with E-state index in [0.29, 0.717) is 6.54 Å². The van der Waals surface area contributed by atoms with Crippen LogP contribution in [0.25, 0.3) is 0 Å². The number of amides is 1. The van der Waals surface area contributed by atoms with Crippen LogP contribution >= 0.6 is 12.4 Å². The van der Waals surface area contributed by atoms with Gasteiger partial charge in [0.2, 0.25) is 5.91 Å². The summed E-state index contributed by atoms with van der Waals surface area (Å²) in [6, 6.07) is 6.11. The average molecular weight is 311 g/mol. The standard InChI is InChI=1S/C16H22N2O2.ClH/c1-11-2-5-13(9-18-15(19)16(17)6-7-16)14(8-11)20-10-12-3-4-12;/h2,5,8,12H,3-4,6-7,9-10,17H2,1H3,(H,18,19);1H. The minimum atomic E-state index is -0.611. The molecule has 2 aliphatic carbocycles. The largest absolute Gasteiger partial charge is 0.493 e. The molecule has 2 saturated carbocycles. The summed E-state index contributed by atoms with van der Waals surface area (Å²) in [5.74, 6) is 1.56. The van der Waals surface area contributed by atoms with E-state index in [1.807, 2.05) is 25.1 Å². The molecule has 0 aliphatic heterocycles. The SMILES string of the molecule is Cc1ccc(CNC(=O)C2(N)CC2)c(OCC2CC2)c1.Cl. The van der Waals surface area contributed by atoms with Crippen LogP contribution in [0.4, 0.5) is 0 Å². The second-order valence-corrected chi connectivity index (χ2v) is 6.20. The lowest BCUT2D eigenvalue weighted by molar-refractivity contribution is -0.123. The van der Waals surface area contributed by atoms with Gasteiger partial charge in [-0.05, 0) is 50.2 Å². The molecular weight excluding hydrogens is 288 g/mol. The number of nitrogens with one attached hydrogen (secondary N) is 1. The van der Waals surface area contributed by atoms with Gasteiger partial charge in [-0.1, -0.05) is 12.1 Å². The molecule has 0 atom stereocenters. The van der Waals surface area contributed by atoms with Crippen LogP contribution in [0, 0.1) is 12.8 Å². The Labute approximate surface area is 131 Å². The first-order chi connectivity index (χ1) is 9.57. The van der Waals surface area contributed by atoms with E-state index in [0.717, 1.165) is 36.7 Å². The predicted molar refractivity (Wildman–Crippen MR) is 84.6 cm³/mol. The molecule has 3 rings (SSSR count). The van der Waals surface area contributed by atoms with Gasteiger partial charge in [0.1, 0.15) is 5.75 Å². The van der Waals surface area contributed by atoms with Crippen LogP contribution in [0.5, 0.6) is 5.75 Å². The predicted octanol–water partition coefficient (Wildman–Crippen LogP) is 2.31. The van der Waals surface area contributed by atoms with Crippen LogP contribution in [-0.2, 0) is 11.3 Å². The number of rotatable bonds is 6. The van der Waals surface area contributed by atoms with Crippen molar-refractivity contribution in [2.45, 2.75) is 44.7 Å². The highest BCUT2D eigenvalue weighted by Gasteiger charge is 2.45. The molecule has 116 valence electrons. The quantitative estimate of drug-likeness (QED) is 0.847. The first kappa shape index (κ1) is 16.1. The van der Waals surface area contributed by atoms with Crippen molar-refractivity contribution < 1.29 is 9.53 Å². The van der Waals surface area contributed by atoms with Crippen molar-refractivity contribution in [2.24, 2.45) is 11.7 Å². The molecule has 0 heterocycles. The number of hydrogen-bond acceptors (Lipinski definition) is 3. The summed E-state index contributed by atoms with van der Waals surface area (Å²) in [6.07, 6.45) is 4.12. The Morgan fingerprint density at radius 2 is 2.14 bits per heavy atom. The van der Waals surface area contributed by atoms with Crippen LogP contribution in [0.3, 0.4) is 0 Å². The van der Waals surface area contributed by atoms with Crippen LogP contribution in [0.1, 0.15) is 36.8 Å². The molecule has 21 heavy (non-hydrogen) atoms. The molecule has 2 fully saturated rings. The number of aryl methyl sites for hydroxylation is 1. The molecule has 1 aromatic rings. The van der Waals surface area contributed by atoms with Crippen molar-refractivity contribution >= 4 is 18.3 Å². The Kier molecular flexibility index (Phi) is 4.79. The second kappa shape index (κ2) is 6.24. The van der Waals surface area contributed by atoms with E-state index < -0.39 is 5.54 Å². The lowest BCUT2D eigenvalue weighted by atomic mass is 10.1. The van der Waals surface area contributed by atoms with E-state index in [1.54, 1.807) is 0 Å². The highest BCUT2D eigenvalue weighted by molar-refractivity contribution is 5.88. The maximum Gasteiger partial charge on any atom is 0.240 e. The van der Waals surface area contributed by atoms with Gasteiger partial charge in [0, 0.05) is 12.1 Å². The molecule has 1 amide bonds. The molecule has 0 spiro atoms. The van der Waals surface area contributed by atoms with Crippen LogP contribution in [0.2, 0.25) is 0 Å². The van der Waals surface area contributed by atoms with Gasteiger partial charge in [0.05, 0.1) is 12.1 Å². The van der Waals surface area contributed by atoms with Crippen molar-refractivity contribution in [1.82, 2.24) is 5.32 Å². The zero-order valence-electron chi connectivity index (χ0n) is 12.4. The number of carbonyl (C=O) groups excluding carboxylic acids is 1. The first-order valence-electron chi connectivity index (χ1n) is 7.36. The third kappa shape index (κ3) is 4.11. The van der Waals surface area contributed by atoms with Gasteiger partial charge in [0.15, 0.2) is 0 Å². The van der Waals surface area contributed by atoms with Crippen LogP contribution in [-0.4, -0.2) is 18.1 Å². The Balaban J connectivity index is 0.00000161. The fourth-order valence-electron chi connectivity index (χ4n) is 2.15. The number of halogens is 1. The molecule has 3 N–H and O–H groups in total. The molecule has 0 saturated heterocycles. The molecular formula is C16H23ClN2O2. The summed E-state index contributed by atoms with van der Waals surface area (Å²) in [5.41, 5.74) is 7.46. The lowest BCUT2D eigenvalue weighted by Crippen LogP contribution is -2.42. The lowest BCUT2D eigenvalue weighted by Gasteiger charge is -2.14. The molecule has 0 unspecified atom stereocenters. The molecule has 4 nitrogen and oxygen atoms in total. The van der Waals surface area contributed by atoms with Crippen molar-refractivity contribution in [1.29, 1.82) is 0 Å². The zero-order chi connectivity index (χ0) is 14.2. The highest BCUT2D eigenvalue weighted by atomic mass is 35.5. The number of benzene rings is 1. The Bertz CT molecular complexity index is 525. The smallest absolute Gasteiger partial charge is 0.240 e. The van der Waals surface area contributed by atoms with Gasteiger partial charge < -0.3 is 15.8 Å². The Morgan fingerprint density at radius 1 is 1.43 bits per heavy atom. The Morgan fingerprint density at radius 3 is 2.76 bits per heavy atom. The fraction of sp³-hybridized carbons (Fsp3) is 0.562. The van der Waals surface area contributed by atoms with Gasteiger partial charge in [-0.3, -0.25) is 4.79 Å². The molecule has 0 aromatic heterocycles. The van der Waals surface area contributed by atoms with Gasteiger partial charge in [-0.2, -0.15) is 0 Å².